The van der Waals surface area contributed by atoms with Crippen molar-refractivity contribution in [3.63, 3.8) is 0 Å². The Morgan fingerprint density at radius 3 is 3.04 bits per heavy atom. The summed E-state index contributed by atoms with van der Waals surface area (Å²) in [6.45, 7) is 2.73. The van der Waals surface area contributed by atoms with Gasteiger partial charge in [0.15, 0.2) is 4.34 Å². The van der Waals surface area contributed by atoms with Gasteiger partial charge in [0.25, 0.3) is 0 Å². The highest BCUT2D eigenvalue weighted by Gasteiger charge is 2.10. The molecule has 1 aromatic carbocycles. The highest BCUT2D eigenvalue weighted by atomic mass is 32.2. The summed E-state index contributed by atoms with van der Waals surface area (Å²) in [7, 11) is 0. The van der Waals surface area contributed by atoms with Gasteiger partial charge >= 0.3 is 5.97 Å². The minimum atomic E-state index is -0.283. The number of rotatable bonds is 9. The normalized spacial score (nSPS) is 10.9. The maximum Gasteiger partial charge on any atom is 0.311 e. The molecule has 142 valence electrons. The standard InChI is InChI=1S/C19H21N3O3S2/c1-2-25-18(24)9-14-11-26-19(22-14)27-12-17(23)20-8-7-13-10-21-16-6-4-3-5-15(13)16/h3-6,10-11,21H,2,7-9,12H2,1H3,(H,20,23). The van der Waals surface area contributed by atoms with Gasteiger partial charge in [0, 0.05) is 29.0 Å². The van der Waals surface area contributed by atoms with E-state index in [2.05, 4.69) is 21.4 Å². The van der Waals surface area contributed by atoms with Gasteiger partial charge in [-0.25, -0.2) is 4.98 Å². The quantitative estimate of drug-likeness (QED) is 0.423. The lowest BCUT2D eigenvalue weighted by Crippen LogP contribution is -2.27. The number of thioether (sulfide) groups is 1. The molecular formula is C19H21N3O3S2. The van der Waals surface area contributed by atoms with E-state index >= 15 is 0 Å². The third-order valence-electron chi connectivity index (χ3n) is 3.88. The monoisotopic (exact) mass is 403 g/mol. The molecule has 3 rings (SSSR count). The molecule has 0 aliphatic rings. The number of benzene rings is 1. The molecule has 0 spiro atoms. The molecule has 0 saturated heterocycles. The number of aromatic amines is 1. The fourth-order valence-electron chi connectivity index (χ4n) is 2.65. The van der Waals surface area contributed by atoms with Crippen LogP contribution >= 0.6 is 23.1 Å². The lowest BCUT2D eigenvalue weighted by Gasteiger charge is -2.04. The van der Waals surface area contributed by atoms with E-state index in [1.807, 2.05) is 29.8 Å². The van der Waals surface area contributed by atoms with Crippen LogP contribution in [0.5, 0.6) is 0 Å². The van der Waals surface area contributed by atoms with Crippen LogP contribution in [-0.4, -0.2) is 40.7 Å². The fraction of sp³-hybridized carbons (Fsp3) is 0.316. The summed E-state index contributed by atoms with van der Waals surface area (Å²) in [6.07, 6.45) is 2.94. The molecular weight excluding hydrogens is 382 g/mol. The molecule has 0 atom stereocenters. The van der Waals surface area contributed by atoms with Crippen LogP contribution in [0.3, 0.4) is 0 Å². The van der Waals surface area contributed by atoms with Gasteiger partial charge in [0.1, 0.15) is 0 Å². The minimum absolute atomic E-state index is 0.0259. The number of ether oxygens (including phenoxy) is 1. The summed E-state index contributed by atoms with van der Waals surface area (Å²) in [6, 6.07) is 8.13. The van der Waals surface area contributed by atoms with Crippen molar-refractivity contribution in [3.8, 4) is 0 Å². The van der Waals surface area contributed by atoms with E-state index in [1.54, 1.807) is 6.92 Å². The number of thiazole rings is 1. The van der Waals surface area contributed by atoms with Crippen molar-refractivity contribution in [3.05, 3.63) is 47.1 Å². The molecule has 0 bridgehead atoms. The van der Waals surface area contributed by atoms with Gasteiger partial charge in [0.05, 0.1) is 24.5 Å². The van der Waals surface area contributed by atoms with Crippen LogP contribution in [0, 0.1) is 0 Å². The van der Waals surface area contributed by atoms with Crippen LogP contribution in [0.15, 0.2) is 40.2 Å². The lowest BCUT2D eigenvalue weighted by atomic mass is 10.1. The number of fused-ring (bicyclic) bond motifs is 1. The number of carbonyl (C=O) groups excluding carboxylic acids is 2. The van der Waals surface area contributed by atoms with Gasteiger partial charge in [-0.15, -0.1) is 11.3 Å². The van der Waals surface area contributed by atoms with Gasteiger partial charge in [-0.05, 0) is 25.0 Å². The summed E-state index contributed by atoms with van der Waals surface area (Å²) in [5.41, 5.74) is 2.99. The molecule has 0 unspecified atom stereocenters. The van der Waals surface area contributed by atoms with E-state index in [4.69, 9.17) is 4.74 Å². The van der Waals surface area contributed by atoms with Crippen molar-refractivity contribution in [2.75, 3.05) is 18.9 Å². The number of H-pyrrole nitrogens is 1. The average Bonchev–Trinajstić information content (AvgIpc) is 3.27. The lowest BCUT2D eigenvalue weighted by molar-refractivity contribution is -0.142. The predicted molar refractivity (Wildman–Crippen MR) is 108 cm³/mol. The maximum atomic E-state index is 12.0. The average molecular weight is 404 g/mol. The van der Waals surface area contributed by atoms with E-state index in [0.717, 1.165) is 16.3 Å². The zero-order valence-electron chi connectivity index (χ0n) is 15.0. The number of esters is 1. The molecule has 0 radical (unpaired) electrons. The second kappa shape index (κ2) is 9.57. The molecule has 0 saturated carbocycles. The van der Waals surface area contributed by atoms with Gasteiger partial charge < -0.3 is 15.0 Å². The summed E-state index contributed by atoms with van der Waals surface area (Å²) in [5, 5.41) is 5.96. The largest absolute Gasteiger partial charge is 0.466 e. The molecule has 0 aliphatic heterocycles. The first-order valence-corrected chi connectivity index (χ1v) is 10.6. The highest BCUT2D eigenvalue weighted by Crippen LogP contribution is 2.23. The number of aromatic nitrogens is 2. The van der Waals surface area contributed by atoms with Gasteiger partial charge in [0.2, 0.25) is 5.91 Å². The van der Waals surface area contributed by atoms with Crippen LogP contribution in [-0.2, 0) is 27.2 Å². The first kappa shape index (κ1) is 19.4. The van der Waals surface area contributed by atoms with Crippen molar-refractivity contribution in [2.45, 2.75) is 24.1 Å². The molecule has 2 heterocycles. The zero-order valence-corrected chi connectivity index (χ0v) is 16.6. The van der Waals surface area contributed by atoms with E-state index in [-0.39, 0.29) is 18.3 Å². The number of hydrogen-bond acceptors (Lipinski definition) is 6. The summed E-state index contributed by atoms with van der Waals surface area (Å²) >= 11 is 2.81. The molecule has 0 fully saturated rings. The topological polar surface area (TPSA) is 84.1 Å². The number of amides is 1. The van der Waals surface area contributed by atoms with E-state index in [9.17, 15) is 9.59 Å². The molecule has 2 aromatic heterocycles. The van der Waals surface area contributed by atoms with Gasteiger partial charge in [-0.3, -0.25) is 9.59 Å². The number of para-hydroxylation sites is 1. The smallest absolute Gasteiger partial charge is 0.311 e. The van der Waals surface area contributed by atoms with E-state index in [1.165, 1.54) is 34.0 Å². The third kappa shape index (κ3) is 5.58. The van der Waals surface area contributed by atoms with Crippen LogP contribution in [0.2, 0.25) is 0 Å². The van der Waals surface area contributed by atoms with Crippen LogP contribution in [0.25, 0.3) is 10.9 Å². The van der Waals surface area contributed by atoms with Crippen LogP contribution in [0.1, 0.15) is 18.2 Å². The van der Waals surface area contributed by atoms with Crippen molar-refractivity contribution in [1.29, 1.82) is 0 Å². The Balaban J connectivity index is 1.40. The Bertz CT molecular complexity index is 920. The number of hydrogen-bond donors (Lipinski definition) is 2. The summed E-state index contributed by atoms with van der Waals surface area (Å²) in [5.74, 6) is -0.00313. The van der Waals surface area contributed by atoms with Gasteiger partial charge in [-0.2, -0.15) is 0 Å². The Labute approximate surface area is 165 Å². The van der Waals surface area contributed by atoms with Crippen LogP contribution in [0.4, 0.5) is 0 Å². The molecule has 2 N–H and O–H groups in total. The molecule has 8 heteroatoms. The Morgan fingerprint density at radius 1 is 1.33 bits per heavy atom. The van der Waals surface area contributed by atoms with Gasteiger partial charge in [-0.1, -0.05) is 30.0 Å². The summed E-state index contributed by atoms with van der Waals surface area (Å²) in [4.78, 5) is 31.1. The number of nitrogens with zero attached hydrogens (tertiary/aromatic N) is 1. The molecule has 6 nitrogen and oxygen atoms in total. The van der Waals surface area contributed by atoms with Crippen molar-refractivity contribution >= 4 is 45.9 Å². The molecule has 0 aliphatic carbocycles. The fourth-order valence-corrected chi connectivity index (χ4v) is 4.32. The second-order valence-corrected chi connectivity index (χ2v) is 7.92. The first-order chi connectivity index (χ1) is 13.2. The molecule has 27 heavy (non-hydrogen) atoms. The number of nitrogens with one attached hydrogen (secondary N) is 2. The Hall–Kier alpha value is -2.32. The molecule has 3 aromatic rings. The first-order valence-electron chi connectivity index (χ1n) is 8.70. The SMILES string of the molecule is CCOC(=O)Cc1csc(SCC(=O)NCCc2c[nH]c3ccccc23)n1. The Morgan fingerprint density at radius 2 is 2.19 bits per heavy atom. The minimum Gasteiger partial charge on any atom is -0.466 e. The zero-order chi connectivity index (χ0) is 19.1. The van der Waals surface area contributed by atoms with Crippen molar-refractivity contribution in [1.82, 2.24) is 15.3 Å². The number of carbonyl (C=O) groups is 2. The van der Waals surface area contributed by atoms with Crippen LogP contribution < -0.4 is 5.32 Å². The molecule has 1 amide bonds. The Kier molecular flexibility index (Phi) is 6.89. The van der Waals surface area contributed by atoms with E-state index in [0.29, 0.717) is 24.6 Å². The van der Waals surface area contributed by atoms with E-state index < -0.39 is 0 Å². The maximum absolute atomic E-state index is 12.0. The third-order valence-corrected chi connectivity index (χ3v) is 5.95. The van der Waals surface area contributed by atoms with Crippen molar-refractivity contribution in [2.24, 2.45) is 0 Å². The second-order valence-electron chi connectivity index (χ2n) is 5.83. The van der Waals surface area contributed by atoms with Crippen molar-refractivity contribution < 1.29 is 14.3 Å². The predicted octanol–water partition coefficient (Wildman–Crippen LogP) is 3.18. The highest BCUT2D eigenvalue weighted by molar-refractivity contribution is 8.01. The summed E-state index contributed by atoms with van der Waals surface area (Å²) < 4.78 is 5.69.